The van der Waals surface area contributed by atoms with Crippen molar-refractivity contribution < 1.29 is 33.3 Å². The van der Waals surface area contributed by atoms with E-state index in [4.69, 9.17) is 18.9 Å². The first-order valence-electron chi connectivity index (χ1n) is 8.98. The Morgan fingerprint density at radius 2 is 1.86 bits per heavy atom. The van der Waals surface area contributed by atoms with E-state index in [0.29, 0.717) is 29.9 Å². The molecule has 2 fully saturated rings. The van der Waals surface area contributed by atoms with Crippen molar-refractivity contribution in [2.75, 3.05) is 27.9 Å². The van der Waals surface area contributed by atoms with Gasteiger partial charge in [-0.15, -0.1) is 0 Å². The molecule has 9 heteroatoms. The second kappa shape index (κ2) is 8.47. The molecular formula is C19H24N2O7. The number of methoxy groups -OCH3 is 3. The Bertz CT molecular complexity index is 761. The summed E-state index contributed by atoms with van der Waals surface area (Å²) in [4.78, 5) is 36.1. The average Bonchev–Trinajstić information content (AvgIpc) is 2.68. The second-order valence-corrected chi connectivity index (χ2v) is 6.79. The Balaban J connectivity index is 1.71. The number of hydrogen-bond acceptors (Lipinski definition) is 7. The highest BCUT2D eigenvalue weighted by molar-refractivity contribution is 5.87. The van der Waals surface area contributed by atoms with Crippen molar-refractivity contribution in [1.29, 1.82) is 0 Å². The molecule has 1 heterocycles. The zero-order valence-corrected chi connectivity index (χ0v) is 16.0. The maximum atomic E-state index is 12.8. The van der Waals surface area contributed by atoms with Crippen LogP contribution in [0.2, 0.25) is 0 Å². The molecule has 1 aromatic rings. The third kappa shape index (κ3) is 4.04. The van der Waals surface area contributed by atoms with Crippen LogP contribution in [0.1, 0.15) is 24.4 Å². The van der Waals surface area contributed by atoms with Crippen LogP contribution in [0.15, 0.2) is 18.2 Å². The first-order chi connectivity index (χ1) is 13.5. The van der Waals surface area contributed by atoms with E-state index in [1.165, 1.54) is 21.3 Å². The molecule has 2 aliphatic rings. The van der Waals surface area contributed by atoms with Gasteiger partial charge in [0.2, 0.25) is 5.91 Å². The smallest absolute Gasteiger partial charge is 0.308 e. The maximum absolute atomic E-state index is 12.8. The largest absolute Gasteiger partial charge is 0.493 e. The molecule has 1 aliphatic carbocycles. The van der Waals surface area contributed by atoms with Gasteiger partial charge in [0.25, 0.3) is 5.91 Å². The van der Waals surface area contributed by atoms with E-state index in [1.807, 2.05) is 0 Å². The Kier molecular flexibility index (Phi) is 6.03. The van der Waals surface area contributed by atoms with Gasteiger partial charge in [0, 0.05) is 6.04 Å². The van der Waals surface area contributed by atoms with Gasteiger partial charge in [-0.25, -0.2) is 0 Å². The minimum atomic E-state index is -0.895. The molecule has 3 rings (SSSR count). The number of esters is 1. The van der Waals surface area contributed by atoms with E-state index in [2.05, 4.69) is 10.6 Å². The fourth-order valence-corrected chi connectivity index (χ4v) is 3.46. The Labute approximate surface area is 162 Å². The molecule has 0 spiro atoms. The summed E-state index contributed by atoms with van der Waals surface area (Å²) in [7, 11) is 4.39. The third-order valence-electron chi connectivity index (χ3n) is 5.06. The van der Waals surface area contributed by atoms with Gasteiger partial charge in [0.05, 0.1) is 33.3 Å². The zero-order chi connectivity index (χ0) is 20.3. The highest BCUT2D eigenvalue weighted by Crippen LogP contribution is 2.33. The Morgan fingerprint density at radius 1 is 1.14 bits per heavy atom. The van der Waals surface area contributed by atoms with E-state index in [0.717, 1.165) is 0 Å². The number of benzene rings is 1. The number of nitrogens with one attached hydrogen (secondary N) is 2. The molecule has 1 aliphatic heterocycles. The van der Waals surface area contributed by atoms with E-state index in [-0.39, 0.29) is 36.4 Å². The molecule has 1 aromatic carbocycles. The van der Waals surface area contributed by atoms with Crippen LogP contribution in [0.25, 0.3) is 0 Å². The van der Waals surface area contributed by atoms with E-state index >= 15 is 0 Å². The van der Waals surface area contributed by atoms with Crippen molar-refractivity contribution in [1.82, 2.24) is 10.6 Å². The van der Waals surface area contributed by atoms with Gasteiger partial charge in [-0.3, -0.25) is 14.4 Å². The van der Waals surface area contributed by atoms with Gasteiger partial charge in [0.1, 0.15) is 6.61 Å². The molecule has 1 saturated heterocycles. The summed E-state index contributed by atoms with van der Waals surface area (Å²) >= 11 is 0. The summed E-state index contributed by atoms with van der Waals surface area (Å²) in [5, 5.41) is 5.68. The summed E-state index contributed by atoms with van der Waals surface area (Å²) in [5.74, 6) is -0.0809. The fourth-order valence-electron chi connectivity index (χ4n) is 3.46. The van der Waals surface area contributed by atoms with Crippen molar-refractivity contribution in [3.05, 3.63) is 23.8 Å². The zero-order valence-electron chi connectivity index (χ0n) is 16.0. The van der Waals surface area contributed by atoms with Crippen LogP contribution >= 0.6 is 0 Å². The lowest BCUT2D eigenvalue weighted by Gasteiger charge is -2.37. The van der Waals surface area contributed by atoms with Crippen molar-refractivity contribution in [2.24, 2.45) is 5.92 Å². The van der Waals surface area contributed by atoms with Gasteiger partial charge in [-0.05, 0) is 30.5 Å². The van der Waals surface area contributed by atoms with E-state index in [1.54, 1.807) is 18.2 Å². The molecule has 0 aromatic heterocycles. The number of amides is 2. The van der Waals surface area contributed by atoms with Crippen LogP contribution in [0.3, 0.4) is 0 Å². The maximum Gasteiger partial charge on any atom is 0.308 e. The van der Waals surface area contributed by atoms with Crippen molar-refractivity contribution in [3.8, 4) is 11.5 Å². The summed E-state index contributed by atoms with van der Waals surface area (Å²) in [6.45, 7) is -0.197. The van der Waals surface area contributed by atoms with Crippen LogP contribution in [-0.4, -0.2) is 57.9 Å². The van der Waals surface area contributed by atoms with Crippen LogP contribution in [0, 0.1) is 5.92 Å². The first-order valence-corrected chi connectivity index (χ1v) is 8.98. The standard InChI is InChI=1S/C19H24N2O7/c1-25-13-5-4-10(8-14(13)26-2)16-17(28-9-15(22)21-16)18(23)20-12-6-11(7-12)19(24)27-3/h4-5,8,11-12,16-17H,6-7,9H2,1-3H3,(H,20,23)(H,21,22)/t11?,12?,16-,17+/m1/s1. The highest BCUT2D eigenvalue weighted by Gasteiger charge is 2.41. The summed E-state index contributed by atoms with van der Waals surface area (Å²) in [6, 6.07) is 4.37. The highest BCUT2D eigenvalue weighted by atomic mass is 16.5. The average molecular weight is 392 g/mol. The van der Waals surface area contributed by atoms with Gasteiger partial charge in [0.15, 0.2) is 17.6 Å². The minimum Gasteiger partial charge on any atom is -0.493 e. The number of hydrogen-bond donors (Lipinski definition) is 2. The van der Waals surface area contributed by atoms with Gasteiger partial charge in [-0.2, -0.15) is 0 Å². The fraction of sp³-hybridized carbons (Fsp3) is 0.526. The molecule has 2 N–H and O–H groups in total. The van der Waals surface area contributed by atoms with Crippen molar-refractivity contribution in [3.63, 3.8) is 0 Å². The van der Waals surface area contributed by atoms with E-state index in [9.17, 15) is 14.4 Å². The molecule has 2 atom stereocenters. The van der Waals surface area contributed by atoms with Crippen LogP contribution in [0.5, 0.6) is 11.5 Å². The molecule has 9 nitrogen and oxygen atoms in total. The summed E-state index contributed by atoms with van der Waals surface area (Å²) in [5.41, 5.74) is 0.659. The molecule has 2 amide bonds. The van der Waals surface area contributed by atoms with Crippen LogP contribution in [-0.2, 0) is 23.9 Å². The Morgan fingerprint density at radius 3 is 2.50 bits per heavy atom. The van der Waals surface area contributed by atoms with Gasteiger partial charge < -0.3 is 29.6 Å². The third-order valence-corrected chi connectivity index (χ3v) is 5.06. The summed E-state index contributed by atoms with van der Waals surface area (Å²) in [6.07, 6.45) is 0.157. The normalized spacial score (nSPS) is 26.5. The number of carbonyl (C=O) groups is 3. The minimum absolute atomic E-state index is 0.121. The monoisotopic (exact) mass is 392 g/mol. The molecule has 1 saturated carbocycles. The molecular weight excluding hydrogens is 368 g/mol. The number of ether oxygens (including phenoxy) is 4. The van der Waals surface area contributed by atoms with Crippen molar-refractivity contribution >= 4 is 17.8 Å². The van der Waals surface area contributed by atoms with Gasteiger partial charge >= 0.3 is 5.97 Å². The molecule has 152 valence electrons. The SMILES string of the molecule is COC(=O)C1CC(NC(=O)[C@H]2OCC(=O)N[C@@H]2c2ccc(OC)c(OC)c2)C1. The predicted octanol–water partition coefficient (Wildman–Crippen LogP) is 0.328. The first kappa shape index (κ1) is 19.9. The quantitative estimate of drug-likeness (QED) is 0.671. The Hall–Kier alpha value is -2.81. The lowest BCUT2D eigenvalue weighted by atomic mass is 9.80. The number of morpholine rings is 1. The number of carbonyl (C=O) groups excluding carboxylic acids is 3. The predicted molar refractivity (Wildman–Crippen MR) is 96.8 cm³/mol. The van der Waals surface area contributed by atoms with Crippen LogP contribution < -0.4 is 20.1 Å². The lowest BCUT2D eigenvalue weighted by molar-refractivity contribution is -0.153. The molecule has 0 bridgehead atoms. The molecule has 0 radical (unpaired) electrons. The topological polar surface area (TPSA) is 112 Å². The number of rotatable bonds is 6. The second-order valence-electron chi connectivity index (χ2n) is 6.79. The molecule has 0 unspecified atom stereocenters. The summed E-state index contributed by atoms with van der Waals surface area (Å²) < 4.78 is 20.8. The lowest BCUT2D eigenvalue weighted by Crippen LogP contribution is -2.56. The molecule has 28 heavy (non-hydrogen) atoms. The van der Waals surface area contributed by atoms with Crippen LogP contribution in [0.4, 0.5) is 0 Å². The van der Waals surface area contributed by atoms with Crippen molar-refractivity contribution in [2.45, 2.75) is 31.0 Å². The van der Waals surface area contributed by atoms with E-state index < -0.39 is 12.1 Å². The van der Waals surface area contributed by atoms with Gasteiger partial charge in [-0.1, -0.05) is 6.07 Å².